The summed E-state index contributed by atoms with van der Waals surface area (Å²) in [6, 6.07) is 0. The van der Waals surface area contributed by atoms with Crippen LogP contribution in [0.4, 0.5) is 0 Å². The molecule has 0 aliphatic heterocycles. The molecule has 0 bridgehead atoms. The summed E-state index contributed by atoms with van der Waals surface area (Å²) in [7, 11) is 0. The Morgan fingerprint density at radius 1 is 1.60 bits per heavy atom. The van der Waals surface area contributed by atoms with Crippen molar-refractivity contribution in [2.75, 3.05) is 0 Å². The third kappa shape index (κ3) is 0.384. The van der Waals surface area contributed by atoms with Crippen LogP contribution in [0.5, 0.6) is 0 Å². The molecule has 3 nitrogen and oxygen atoms in total. The highest BCUT2D eigenvalue weighted by Crippen LogP contribution is 1.66. The van der Waals surface area contributed by atoms with Crippen LogP contribution in [0.25, 0.3) is 0 Å². The zero-order chi connectivity index (χ0) is 3.54. The van der Waals surface area contributed by atoms with Gasteiger partial charge in [0.1, 0.15) is 0 Å². The maximum atomic E-state index is 3.42. The standard InChI is InChI=1S/CN3S/c1-2-4-5-3-1. The summed E-state index contributed by atoms with van der Waals surface area (Å²) in [5, 5.41) is 3.25. The van der Waals surface area contributed by atoms with Gasteiger partial charge in [-0.1, -0.05) is 4.49 Å². The van der Waals surface area contributed by atoms with Crippen molar-refractivity contribution in [2.24, 2.45) is 0 Å². The van der Waals surface area contributed by atoms with Crippen LogP contribution in [0.2, 0.25) is 0 Å². The van der Waals surface area contributed by atoms with Crippen molar-refractivity contribution in [1.29, 1.82) is 0 Å². The van der Waals surface area contributed by atoms with Crippen LogP contribution in [0.1, 0.15) is 0 Å². The monoisotopic (exact) mass is 86.0 g/mol. The number of rotatable bonds is 0. The second-order valence-electron chi connectivity index (χ2n) is 0.455. The Morgan fingerprint density at radius 3 is 2.80 bits per heavy atom. The van der Waals surface area contributed by atoms with Crippen molar-refractivity contribution in [3.63, 3.8) is 0 Å². The number of nitrogens with zero attached hydrogens (tertiary/aromatic N) is 3. The molecule has 0 N–H and O–H groups in total. The van der Waals surface area contributed by atoms with E-state index < -0.39 is 0 Å². The fraction of sp³-hybridized carbons (Fsp3) is 0. The molecule has 0 aliphatic carbocycles. The lowest BCUT2D eigenvalue weighted by Gasteiger charge is -1.36. The summed E-state index contributed by atoms with van der Waals surface area (Å²) in [6.45, 7) is 0. The molecular weight excluding hydrogens is 86.1 g/mol. The SMILES string of the molecule is [c]1nnsn1. The lowest BCUT2D eigenvalue weighted by Crippen LogP contribution is -1.53. The van der Waals surface area contributed by atoms with Crippen LogP contribution in [0.15, 0.2) is 0 Å². The molecule has 0 amide bonds. The first-order chi connectivity index (χ1) is 2.50. The minimum Gasteiger partial charge on any atom is -0.147 e. The first-order valence-corrected chi connectivity index (χ1v) is 1.74. The van der Waals surface area contributed by atoms with Crippen molar-refractivity contribution in [1.82, 2.24) is 14.0 Å². The number of hydrogen-bond acceptors (Lipinski definition) is 4. The van der Waals surface area contributed by atoms with Crippen molar-refractivity contribution in [2.45, 2.75) is 0 Å². The average molecular weight is 86.1 g/mol. The summed E-state index contributed by atoms with van der Waals surface area (Å²) in [6.07, 6.45) is 2.27. The van der Waals surface area contributed by atoms with Gasteiger partial charge >= 0.3 is 0 Å². The minimum atomic E-state index is 1.05. The van der Waals surface area contributed by atoms with Crippen molar-refractivity contribution in [3.05, 3.63) is 6.33 Å². The highest BCUT2D eigenvalue weighted by Gasteiger charge is 1.64. The van der Waals surface area contributed by atoms with E-state index in [9.17, 15) is 0 Å². The van der Waals surface area contributed by atoms with Gasteiger partial charge in [0, 0.05) is 0 Å². The third-order valence-corrected chi connectivity index (χ3v) is 0.522. The summed E-state index contributed by atoms with van der Waals surface area (Å²) in [5.74, 6) is 0. The molecule has 5 heavy (non-hydrogen) atoms. The molecule has 1 heterocycles. The maximum absolute atomic E-state index is 3.42. The molecule has 0 aromatic carbocycles. The van der Waals surface area contributed by atoms with Crippen molar-refractivity contribution in [3.8, 4) is 0 Å². The molecule has 0 unspecified atom stereocenters. The fourth-order valence-corrected chi connectivity index (χ4v) is 0.274. The van der Waals surface area contributed by atoms with Crippen LogP contribution in [-0.2, 0) is 0 Å². The Kier molecular flexibility index (Phi) is 0.582. The van der Waals surface area contributed by atoms with Gasteiger partial charge in [0.15, 0.2) is 0 Å². The summed E-state index contributed by atoms with van der Waals surface area (Å²) in [4.78, 5) is 0. The van der Waals surface area contributed by atoms with E-state index in [1.807, 2.05) is 0 Å². The molecule has 0 spiro atoms. The quantitative estimate of drug-likeness (QED) is 0.436. The van der Waals surface area contributed by atoms with Crippen LogP contribution in [-0.4, -0.2) is 14.0 Å². The Balaban J connectivity index is 3.13. The van der Waals surface area contributed by atoms with Gasteiger partial charge in [0.05, 0.1) is 11.7 Å². The Hall–Kier alpha value is -0.510. The zero-order valence-electron chi connectivity index (χ0n) is 2.25. The van der Waals surface area contributed by atoms with E-state index in [1.165, 1.54) is 0 Å². The normalized spacial score (nSPS) is 8.00. The predicted octanol–water partition coefficient (Wildman–Crippen LogP) is -0.267. The molecule has 1 aromatic rings. The van der Waals surface area contributed by atoms with Crippen LogP contribution in [0.3, 0.4) is 0 Å². The number of hydrogen-bond donors (Lipinski definition) is 0. The number of aromatic nitrogens is 3. The third-order valence-electron chi connectivity index (χ3n) is 0.204. The Bertz CT molecular complexity index is 63.4. The first-order valence-electron chi connectivity index (χ1n) is 1.01. The molecule has 0 saturated carbocycles. The predicted molar refractivity (Wildman–Crippen MR) is 16.5 cm³/mol. The largest absolute Gasteiger partial charge is 0.236 e. The van der Waals surface area contributed by atoms with E-state index in [1.54, 1.807) is 0 Å². The Morgan fingerprint density at radius 2 is 2.60 bits per heavy atom. The average Bonchev–Trinajstić information content (AvgIpc) is 1.76. The molecule has 1 radical (unpaired) electrons. The molecule has 4 heteroatoms. The highest BCUT2D eigenvalue weighted by atomic mass is 32.1. The molecule has 1 rings (SSSR count). The van der Waals surface area contributed by atoms with Gasteiger partial charge in [-0.25, -0.2) is 0 Å². The van der Waals surface area contributed by atoms with E-state index >= 15 is 0 Å². The van der Waals surface area contributed by atoms with E-state index in [-0.39, 0.29) is 0 Å². The van der Waals surface area contributed by atoms with Crippen LogP contribution in [0, 0.1) is 6.33 Å². The topological polar surface area (TPSA) is 38.7 Å². The second-order valence-corrected chi connectivity index (χ2v) is 0.964. The van der Waals surface area contributed by atoms with Gasteiger partial charge in [-0.3, -0.25) is 0 Å². The van der Waals surface area contributed by atoms with Crippen molar-refractivity contribution < 1.29 is 0 Å². The van der Waals surface area contributed by atoms with Crippen LogP contribution < -0.4 is 0 Å². The maximum Gasteiger partial charge on any atom is 0.236 e. The van der Waals surface area contributed by atoms with E-state index in [0.29, 0.717) is 0 Å². The van der Waals surface area contributed by atoms with Gasteiger partial charge in [0.25, 0.3) is 0 Å². The van der Waals surface area contributed by atoms with Gasteiger partial charge in [-0.05, 0) is 0 Å². The fourth-order valence-electron chi connectivity index (χ4n) is 0.0913. The summed E-state index contributed by atoms with van der Waals surface area (Å²) in [5.41, 5.74) is 0. The lowest BCUT2D eigenvalue weighted by atomic mass is 11.5. The van der Waals surface area contributed by atoms with Crippen LogP contribution >= 0.6 is 11.7 Å². The molecule has 0 saturated heterocycles. The molecule has 1 aromatic heterocycles. The molecule has 0 aliphatic rings. The van der Waals surface area contributed by atoms with Gasteiger partial charge in [-0.2, -0.15) is 0 Å². The summed E-state index contributed by atoms with van der Waals surface area (Å²) < 4.78 is 6.76. The van der Waals surface area contributed by atoms with E-state index in [2.05, 4.69) is 20.3 Å². The second kappa shape index (κ2) is 1.07. The van der Waals surface area contributed by atoms with Gasteiger partial charge < -0.3 is 0 Å². The van der Waals surface area contributed by atoms with Gasteiger partial charge in [0.2, 0.25) is 6.33 Å². The van der Waals surface area contributed by atoms with E-state index in [4.69, 9.17) is 0 Å². The smallest absolute Gasteiger partial charge is 0.147 e. The zero-order valence-corrected chi connectivity index (χ0v) is 3.07. The molecule has 0 fully saturated rings. The minimum absolute atomic E-state index is 1.05. The summed E-state index contributed by atoms with van der Waals surface area (Å²) >= 11 is 1.05. The lowest BCUT2D eigenvalue weighted by molar-refractivity contribution is 1.12. The van der Waals surface area contributed by atoms with E-state index in [0.717, 1.165) is 11.7 Å². The first kappa shape index (κ1) is 2.71. The Labute approximate surface area is 33.0 Å². The van der Waals surface area contributed by atoms with Crippen molar-refractivity contribution >= 4 is 11.7 Å². The molecule has 0 atom stereocenters. The molecular formula is CN3S. The highest BCUT2D eigenvalue weighted by molar-refractivity contribution is 6.98. The molecule has 25 valence electrons. The van der Waals surface area contributed by atoms with Gasteiger partial charge in [-0.15, -0.1) is 9.47 Å².